The minimum absolute atomic E-state index is 0. The van der Waals surface area contributed by atoms with Gasteiger partial charge in [-0.25, -0.2) is 0 Å². The summed E-state index contributed by atoms with van der Waals surface area (Å²) in [5.74, 6) is 0.746. The Kier molecular flexibility index (Phi) is 4.23. The Bertz CT molecular complexity index is 272. The third kappa shape index (κ3) is 2.46. The third-order valence-electron chi connectivity index (χ3n) is 2.57. The van der Waals surface area contributed by atoms with Gasteiger partial charge in [0.1, 0.15) is 0 Å². The number of hydrogen-bond donors (Lipinski definition) is 1. The van der Waals surface area contributed by atoms with Gasteiger partial charge in [-0.05, 0) is 40.8 Å². The van der Waals surface area contributed by atoms with E-state index < -0.39 is 0 Å². The molecular weight excluding hydrogens is 270 g/mol. The van der Waals surface area contributed by atoms with Gasteiger partial charge in [0, 0.05) is 20.8 Å². The van der Waals surface area contributed by atoms with E-state index in [1.807, 2.05) is 0 Å². The summed E-state index contributed by atoms with van der Waals surface area (Å²) in [6.07, 6.45) is 4.00. The lowest BCUT2D eigenvalue weighted by Crippen LogP contribution is -2.25. The summed E-state index contributed by atoms with van der Waals surface area (Å²) in [6.45, 7) is 0. The number of halogens is 2. The molecule has 1 heterocycles. The lowest BCUT2D eigenvalue weighted by atomic mass is 9.79. The number of nitrogens with two attached hydrogens (primary N) is 1. The molecule has 0 spiro atoms. The fraction of sp³-hybridized carbons (Fsp3) is 0.556. The van der Waals surface area contributed by atoms with Crippen LogP contribution in [0.15, 0.2) is 15.9 Å². The molecule has 0 saturated heterocycles. The molecule has 2 N–H and O–H groups in total. The van der Waals surface area contributed by atoms with Crippen molar-refractivity contribution in [2.45, 2.75) is 25.3 Å². The average Bonchev–Trinajstić information content (AvgIpc) is 2.31. The Hall–Kier alpha value is 0.430. The van der Waals surface area contributed by atoms with Crippen LogP contribution in [0.3, 0.4) is 0 Å². The zero-order chi connectivity index (χ0) is 8.55. The Morgan fingerprint density at radius 2 is 2.23 bits per heavy atom. The second kappa shape index (κ2) is 4.78. The summed E-state index contributed by atoms with van der Waals surface area (Å²) < 4.78 is 1.16. The van der Waals surface area contributed by atoms with Gasteiger partial charge in [0.25, 0.3) is 0 Å². The predicted octanol–water partition coefficient (Wildman–Crippen LogP) is 3.73. The molecule has 1 atom stereocenters. The molecule has 1 aromatic rings. The number of hydrogen-bond acceptors (Lipinski definition) is 2. The molecule has 1 saturated carbocycles. The number of rotatable bonds is 2. The van der Waals surface area contributed by atoms with Gasteiger partial charge in [0.2, 0.25) is 0 Å². The fourth-order valence-electron chi connectivity index (χ4n) is 1.53. The molecule has 0 unspecified atom stereocenters. The summed E-state index contributed by atoms with van der Waals surface area (Å²) in [7, 11) is 0. The van der Waals surface area contributed by atoms with Crippen LogP contribution in [0.25, 0.3) is 0 Å². The first-order valence-electron chi connectivity index (χ1n) is 4.27. The molecule has 0 radical (unpaired) electrons. The zero-order valence-corrected chi connectivity index (χ0v) is 10.4. The maximum Gasteiger partial charge on any atom is 0.0418 e. The smallest absolute Gasteiger partial charge is 0.0418 e. The van der Waals surface area contributed by atoms with Gasteiger partial charge in [-0.2, -0.15) is 0 Å². The van der Waals surface area contributed by atoms with Crippen molar-refractivity contribution in [2.75, 3.05) is 0 Å². The molecule has 2 rings (SSSR count). The molecule has 0 aromatic carbocycles. The van der Waals surface area contributed by atoms with Crippen molar-refractivity contribution in [1.82, 2.24) is 0 Å². The van der Waals surface area contributed by atoms with Crippen LogP contribution >= 0.6 is 39.7 Å². The van der Waals surface area contributed by atoms with E-state index in [2.05, 4.69) is 27.4 Å². The van der Waals surface area contributed by atoms with Gasteiger partial charge in [-0.3, -0.25) is 0 Å². The minimum atomic E-state index is 0. The Balaban J connectivity index is 0.000000845. The van der Waals surface area contributed by atoms with Crippen LogP contribution in [0.5, 0.6) is 0 Å². The van der Waals surface area contributed by atoms with Gasteiger partial charge in [-0.15, -0.1) is 23.7 Å². The molecule has 1 nitrogen and oxygen atoms in total. The van der Waals surface area contributed by atoms with E-state index in [0.717, 1.165) is 10.4 Å². The molecule has 0 bridgehead atoms. The maximum atomic E-state index is 6.10. The van der Waals surface area contributed by atoms with Gasteiger partial charge in [-0.1, -0.05) is 6.42 Å². The number of thiophene rings is 1. The van der Waals surface area contributed by atoms with Crippen molar-refractivity contribution in [3.63, 3.8) is 0 Å². The molecule has 74 valence electrons. The van der Waals surface area contributed by atoms with Crippen molar-refractivity contribution < 1.29 is 0 Å². The van der Waals surface area contributed by atoms with E-state index in [1.54, 1.807) is 11.3 Å². The van der Waals surface area contributed by atoms with Gasteiger partial charge in [0.05, 0.1) is 0 Å². The minimum Gasteiger partial charge on any atom is -0.323 e. The maximum absolute atomic E-state index is 6.10. The fourth-order valence-corrected chi connectivity index (χ4v) is 3.07. The topological polar surface area (TPSA) is 26.0 Å². The third-order valence-corrected chi connectivity index (χ3v) is 4.37. The normalized spacial score (nSPS) is 18.9. The summed E-state index contributed by atoms with van der Waals surface area (Å²) >= 11 is 5.21. The molecule has 0 amide bonds. The Labute approximate surface area is 97.3 Å². The van der Waals surface area contributed by atoms with Crippen LogP contribution in [0, 0.1) is 5.92 Å². The van der Waals surface area contributed by atoms with Crippen LogP contribution in [-0.4, -0.2) is 0 Å². The Morgan fingerprint density at radius 3 is 2.62 bits per heavy atom. The average molecular weight is 283 g/mol. The molecule has 1 aliphatic carbocycles. The quantitative estimate of drug-likeness (QED) is 0.879. The molecule has 0 aliphatic heterocycles. The van der Waals surface area contributed by atoms with Crippen LogP contribution in [0.1, 0.15) is 30.2 Å². The van der Waals surface area contributed by atoms with Crippen LogP contribution < -0.4 is 5.73 Å². The molecule has 1 aromatic heterocycles. The van der Waals surface area contributed by atoms with Gasteiger partial charge < -0.3 is 5.73 Å². The van der Waals surface area contributed by atoms with E-state index in [1.165, 1.54) is 24.1 Å². The van der Waals surface area contributed by atoms with Crippen molar-refractivity contribution in [1.29, 1.82) is 0 Å². The SMILES string of the molecule is Cl.N[C@H](c1cc(Br)cs1)C1CCC1. The monoisotopic (exact) mass is 281 g/mol. The van der Waals surface area contributed by atoms with Gasteiger partial charge in [0.15, 0.2) is 0 Å². The lowest BCUT2D eigenvalue weighted by Gasteiger charge is -2.30. The van der Waals surface area contributed by atoms with E-state index in [9.17, 15) is 0 Å². The van der Waals surface area contributed by atoms with Crippen molar-refractivity contribution >= 4 is 39.7 Å². The summed E-state index contributed by atoms with van der Waals surface area (Å²) in [6, 6.07) is 2.43. The molecule has 1 aliphatic rings. The first-order chi connectivity index (χ1) is 5.77. The second-order valence-electron chi connectivity index (χ2n) is 3.38. The van der Waals surface area contributed by atoms with Crippen LogP contribution in [-0.2, 0) is 0 Å². The highest BCUT2D eigenvalue weighted by Crippen LogP contribution is 2.38. The van der Waals surface area contributed by atoms with Gasteiger partial charge >= 0.3 is 0 Å². The van der Waals surface area contributed by atoms with Crippen molar-refractivity contribution in [3.05, 3.63) is 20.8 Å². The zero-order valence-electron chi connectivity index (χ0n) is 7.20. The summed E-state index contributed by atoms with van der Waals surface area (Å²) in [4.78, 5) is 1.33. The highest BCUT2D eigenvalue weighted by Gasteiger charge is 2.26. The molecular formula is C9H13BrClNS. The van der Waals surface area contributed by atoms with E-state index in [-0.39, 0.29) is 18.4 Å². The first-order valence-corrected chi connectivity index (χ1v) is 5.94. The summed E-state index contributed by atoms with van der Waals surface area (Å²) in [5, 5.41) is 2.11. The van der Waals surface area contributed by atoms with E-state index >= 15 is 0 Å². The van der Waals surface area contributed by atoms with E-state index in [4.69, 9.17) is 5.73 Å². The Morgan fingerprint density at radius 1 is 1.54 bits per heavy atom. The molecule has 4 heteroatoms. The molecule has 13 heavy (non-hydrogen) atoms. The first kappa shape index (κ1) is 11.5. The largest absolute Gasteiger partial charge is 0.323 e. The van der Waals surface area contributed by atoms with Crippen molar-refractivity contribution in [2.24, 2.45) is 11.7 Å². The second-order valence-corrected chi connectivity index (χ2v) is 5.24. The predicted molar refractivity (Wildman–Crippen MR) is 63.5 cm³/mol. The highest BCUT2D eigenvalue weighted by atomic mass is 79.9. The highest BCUT2D eigenvalue weighted by molar-refractivity contribution is 9.10. The van der Waals surface area contributed by atoms with Crippen molar-refractivity contribution in [3.8, 4) is 0 Å². The standard InChI is InChI=1S/C9H12BrNS.ClH/c10-7-4-8(12-5-7)9(11)6-2-1-3-6;/h4-6,9H,1-3,11H2;1H/t9-;/m0./s1. The van der Waals surface area contributed by atoms with Crippen LogP contribution in [0.2, 0.25) is 0 Å². The van der Waals surface area contributed by atoms with Crippen LogP contribution in [0.4, 0.5) is 0 Å². The molecule has 1 fully saturated rings. The lowest BCUT2D eigenvalue weighted by molar-refractivity contribution is 0.267. The summed E-state index contributed by atoms with van der Waals surface area (Å²) in [5.41, 5.74) is 6.10. The van der Waals surface area contributed by atoms with E-state index in [0.29, 0.717) is 0 Å².